The predicted octanol–water partition coefficient (Wildman–Crippen LogP) is 4.01. The second kappa shape index (κ2) is 7.67. The highest BCUT2D eigenvalue weighted by molar-refractivity contribution is 6.36. The van der Waals surface area contributed by atoms with Gasteiger partial charge in [-0.15, -0.1) is 0 Å². The Hall–Kier alpha value is -1.72. The standard InChI is InChI=1S/C19H25ClN2O3/c1-4-13-11-22-16(19(23)21-8-5-9-24-12(2)3)10-14-15(20)6-7-17(25-13)18(14)22/h6-7,10,12-13H,4-5,8-9,11H2,1-3H3,(H,21,23)/t13-/m1/s1. The van der Waals surface area contributed by atoms with Crippen LogP contribution < -0.4 is 10.1 Å². The number of carbonyl (C=O) groups is 1. The Morgan fingerprint density at radius 3 is 3.00 bits per heavy atom. The van der Waals surface area contributed by atoms with Crippen LogP contribution in [0.15, 0.2) is 18.2 Å². The van der Waals surface area contributed by atoms with Crippen LogP contribution in [0.2, 0.25) is 5.02 Å². The van der Waals surface area contributed by atoms with E-state index in [1.807, 2.05) is 36.6 Å². The van der Waals surface area contributed by atoms with E-state index in [4.69, 9.17) is 21.1 Å². The van der Waals surface area contributed by atoms with Crippen molar-refractivity contribution < 1.29 is 14.3 Å². The zero-order valence-corrected chi connectivity index (χ0v) is 15.7. The molecule has 0 unspecified atom stereocenters. The van der Waals surface area contributed by atoms with Gasteiger partial charge >= 0.3 is 0 Å². The summed E-state index contributed by atoms with van der Waals surface area (Å²) in [5, 5.41) is 4.48. The normalized spacial score (nSPS) is 16.3. The van der Waals surface area contributed by atoms with Crippen LogP contribution in [0.4, 0.5) is 0 Å². The first-order valence-electron chi connectivity index (χ1n) is 8.89. The summed E-state index contributed by atoms with van der Waals surface area (Å²) in [5.74, 6) is 0.710. The lowest BCUT2D eigenvalue weighted by Gasteiger charge is -2.26. The van der Waals surface area contributed by atoms with E-state index >= 15 is 0 Å². The predicted molar refractivity (Wildman–Crippen MR) is 99.7 cm³/mol. The highest BCUT2D eigenvalue weighted by Crippen LogP contribution is 2.38. The van der Waals surface area contributed by atoms with Gasteiger partial charge in [-0.05, 0) is 44.9 Å². The second-order valence-electron chi connectivity index (χ2n) is 6.63. The van der Waals surface area contributed by atoms with Crippen LogP contribution in [0.5, 0.6) is 5.75 Å². The Morgan fingerprint density at radius 2 is 2.28 bits per heavy atom. The summed E-state index contributed by atoms with van der Waals surface area (Å²) >= 11 is 6.33. The van der Waals surface area contributed by atoms with Crippen molar-refractivity contribution in [3.63, 3.8) is 0 Å². The molecule has 0 saturated carbocycles. The topological polar surface area (TPSA) is 52.5 Å². The number of carbonyl (C=O) groups excluding carboxylic acids is 1. The van der Waals surface area contributed by atoms with Crippen LogP contribution in [0.1, 0.15) is 44.1 Å². The van der Waals surface area contributed by atoms with Gasteiger partial charge in [0.25, 0.3) is 5.91 Å². The SMILES string of the molecule is CC[C@@H]1Cn2c(C(=O)NCCCOC(C)C)cc3c(Cl)ccc(c32)O1. The molecule has 136 valence electrons. The molecule has 2 heterocycles. The van der Waals surface area contributed by atoms with E-state index in [1.54, 1.807) is 0 Å². The number of nitrogens with zero attached hydrogens (tertiary/aromatic N) is 1. The smallest absolute Gasteiger partial charge is 0.267 e. The van der Waals surface area contributed by atoms with E-state index in [2.05, 4.69) is 12.2 Å². The first-order chi connectivity index (χ1) is 12.0. The summed E-state index contributed by atoms with van der Waals surface area (Å²) in [6.45, 7) is 7.98. The van der Waals surface area contributed by atoms with Crippen molar-refractivity contribution in [2.75, 3.05) is 13.2 Å². The Morgan fingerprint density at radius 1 is 1.48 bits per heavy atom. The van der Waals surface area contributed by atoms with Crippen molar-refractivity contribution in [1.82, 2.24) is 9.88 Å². The van der Waals surface area contributed by atoms with E-state index in [-0.39, 0.29) is 18.1 Å². The lowest BCUT2D eigenvalue weighted by molar-refractivity contribution is 0.0755. The van der Waals surface area contributed by atoms with E-state index in [1.165, 1.54) is 0 Å². The monoisotopic (exact) mass is 364 g/mol. The summed E-state index contributed by atoms with van der Waals surface area (Å²) in [6.07, 6.45) is 1.95. The third-order valence-corrected chi connectivity index (χ3v) is 4.72. The molecule has 25 heavy (non-hydrogen) atoms. The molecule has 1 aliphatic rings. The van der Waals surface area contributed by atoms with Crippen LogP contribution in [-0.2, 0) is 11.3 Å². The van der Waals surface area contributed by atoms with Gasteiger partial charge in [-0.1, -0.05) is 18.5 Å². The lowest BCUT2D eigenvalue weighted by Crippen LogP contribution is -2.32. The van der Waals surface area contributed by atoms with E-state index in [0.717, 1.165) is 29.5 Å². The van der Waals surface area contributed by atoms with Crippen LogP contribution in [0.25, 0.3) is 10.9 Å². The number of rotatable bonds is 7. The summed E-state index contributed by atoms with van der Waals surface area (Å²) in [4.78, 5) is 12.7. The maximum Gasteiger partial charge on any atom is 0.267 e. The van der Waals surface area contributed by atoms with Crippen molar-refractivity contribution in [1.29, 1.82) is 0 Å². The van der Waals surface area contributed by atoms with Crippen molar-refractivity contribution in [2.24, 2.45) is 0 Å². The zero-order valence-electron chi connectivity index (χ0n) is 15.0. The molecule has 1 atom stereocenters. The van der Waals surface area contributed by atoms with Crippen LogP contribution in [-0.4, -0.2) is 35.8 Å². The minimum atomic E-state index is -0.0838. The van der Waals surface area contributed by atoms with E-state index in [9.17, 15) is 4.79 Å². The average Bonchev–Trinajstić information content (AvgIpc) is 2.98. The fourth-order valence-corrected chi connectivity index (χ4v) is 3.31. The summed E-state index contributed by atoms with van der Waals surface area (Å²) in [6, 6.07) is 5.57. The number of ether oxygens (including phenoxy) is 2. The molecule has 1 N–H and O–H groups in total. The molecule has 1 amide bonds. The minimum Gasteiger partial charge on any atom is -0.486 e. The van der Waals surface area contributed by atoms with E-state index in [0.29, 0.717) is 30.4 Å². The van der Waals surface area contributed by atoms with E-state index < -0.39 is 0 Å². The quantitative estimate of drug-likeness (QED) is 0.755. The third-order valence-electron chi connectivity index (χ3n) is 4.39. The Bertz CT molecular complexity index is 770. The molecule has 1 aromatic carbocycles. The Balaban J connectivity index is 1.79. The van der Waals surface area contributed by atoms with Crippen LogP contribution in [0.3, 0.4) is 0 Å². The highest BCUT2D eigenvalue weighted by Gasteiger charge is 2.26. The van der Waals surface area contributed by atoms with Gasteiger partial charge < -0.3 is 19.4 Å². The van der Waals surface area contributed by atoms with Gasteiger partial charge in [-0.2, -0.15) is 0 Å². The highest BCUT2D eigenvalue weighted by atomic mass is 35.5. The van der Waals surface area contributed by atoms with Gasteiger partial charge in [-0.25, -0.2) is 0 Å². The molecular formula is C19H25ClN2O3. The van der Waals surface area contributed by atoms with Crippen LogP contribution >= 0.6 is 11.6 Å². The molecular weight excluding hydrogens is 340 g/mol. The molecule has 5 nitrogen and oxygen atoms in total. The number of hydrogen-bond acceptors (Lipinski definition) is 3. The average molecular weight is 365 g/mol. The van der Waals surface area contributed by atoms with Gasteiger partial charge in [-0.3, -0.25) is 4.79 Å². The molecule has 0 radical (unpaired) electrons. The van der Waals surface area contributed by atoms with Crippen molar-refractivity contribution in [3.8, 4) is 5.75 Å². The second-order valence-corrected chi connectivity index (χ2v) is 7.03. The lowest BCUT2D eigenvalue weighted by atomic mass is 10.2. The molecule has 0 saturated heterocycles. The number of nitrogens with one attached hydrogen (secondary N) is 1. The molecule has 0 bridgehead atoms. The number of hydrogen-bond donors (Lipinski definition) is 1. The fourth-order valence-electron chi connectivity index (χ4n) is 3.10. The third kappa shape index (κ3) is 3.77. The van der Waals surface area contributed by atoms with Gasteiger partial charge in [0.2, 0.25) is 0 Å². The molecule has 1 aliphatic heterocycles. The number of benzene rings is 1. The van der Waals surface area contributed by atoms with Gasteiger partial charge in [0.1, 0.15) is 17.5 Å². The minimum absolute atomic E-state index is 0.0651. The largest absolute Gasteiger partial charge is 0.486 e. The first kappa shape index (κ1) is 18.1. The van der Waals surface area contributed by atoms with Gasteiger partial charge in [0, 0.05) is 18.5 Å². The molecule has 2 aromatic rings. The molecule has 6 heteroatoms. The number of halogens is 1. The van der Waals surface area contributed by atoms with Gasteiger partial charge in [0.15, 0.2) is 0 Å². The van der Waals surface area contributed by atoms with Crippen molar-refractivity contribution >= 4 is 28.4 Å². The Kier molecular flexibility index (Phi) is 5.54. The molecule has 3 rings (SSSR count). The maximum atomic E-state index is 12.7. The molecule has 0 fully saturated rings. The molecule has 0 aliphatic carbocycles. The first-order valence-corrected chi connectivity index (χ1v) is 9.27. The summed E-state index contributed by atoms with van der Waals surface area (Å²) < 4.78 is 13.5. The summed E-state index contributed by atoms with van der Waals surface area (Å²) in [7, 11) is 0. The van der Waals surface area contributed by atoms with Gasteiger partial charge in [0.05, 0.1) is 23.2 Å². The number of amides is 1. The summed E-state index contributed by atoms with van der Waals surface area (Å²) in [5.41, 5.74) is 1.54. The van der Waals surface area contributed by atoms with Crippen LogP contribution in [0, 0.1) is 0 Å². The zero-order chi connectivity index (χ0) is 18.0. The fraction of sp³-hybridized carbons (Fsp3) is 0.526. The molecule has 0 spiro atoms. The molecule has 1 aromatic heterocycles. The van der Waals surface area contributed by atoms with Crippen molar-refractivity contribution in [2.45, 2.75) is 52.4 Å². The van der Waals surface area contributed by atoms with Crippen molar-refractivity contribution in [3.05, 3.63) is 28.9 Å². The number of aromatic nitrogens is 1. The maximum absolute atomic E-state index is 12.7. The Labute approximate surface area is 153 Å².